The third-order valence-electron chi connectivity index (χ3n) is 5.10. The molecule has 0 amide bonds. The van der Waals surface area contributed by atoms with Crippen LogP contribution in [0.25, 0.3) is 21.9 Å². The highest BCUT2D eigenvalue weighted by molar-refractivity contribution is 5.93. The Hall–Kier alpha value is -3.59. The number of ether oxygens (including phenoxy) is 1. The van der Waals surface area contributed by atoms with Crippen LogP contribution in [0.3, 0.4) is 0 Å². The number of anilines is 3. The lowest BCUT2D eigenvalue weighted by Gasteiger charge is -2.28. The number of morpholine rings is 1. The zero-order chi connectivity index (χ0) is 19.8. The largest absolute Gasteiger partial charge is 0.378 e. The van der Waals surface area contributed by atoms with Crippen LogP contribution in [0.2, 0.25) is 0 Å². The molecule has 1 aliphatic heterocycles. The molecule has 4 aromatic rings. The summed E-state index contributed by atoms with van der Waals surface area (Å²) in [5, 5.41) is 3.77. The minimum atomic E-state index is -0.265. The van der Waals surface area contributed by atoms with Gasteiger partial charge in [-0.3, -0.25) is 9.78 Å². The first-order chi connectivity index (χ1) is 14.2. The number of nitrogens with two attached hydrogens (primary N) is 1. The van der Waals surface area contributed by atoms with Crippen molar-refractivity contribution in [3.8, 4) is 0 Å². The van der Waals surface area contributed by atoms with Gasteiger partial charge in [-0.1, -0.05) is 12.1 Å². The van der Waals surface area contributed by atoms with E-state index in [2.05, 4.69) is 54.4 Å². The molecule has 0 aliphatic carbocycles. The third-order valence-corrected chi connectivity index (χ3v) is 5.10. The van der Waals surface area contributed by atoms with Gasteiger partial charge in [0.25, 0.3) is 5.56 Å². The first kappa shape index (κ1) is 17.5. The van der Waals surface area contributed by atoms with Gasteiger partial charge in [0.05, 0.1) is 35.2 Å². The summed E-state index contributed by atoms with van der Waals surface area (Å²) in [6, 6.07) is 12.0. The van der Waals surface area contributed by atoms with Crippen molar-refractivity contribution >= 4 is 39.5 Å². The molecule has 0 bridgehead atoms. The number of hydrogen-bond donors (Lipinski definition) is 4. The van der Waals surface area contributed by atoms with Crippen molar-refractivity contribution in [3.05, 3.63) is 52.3 Å². The van der Waals surface area contributed by atoms with Crippen molar-refractivity contribution in [2.45, 2.75) is 6.54 Å². The van der Waals surface area contributed by atoms with Gasteiger partial charge in [-0.15, -0.1) is 0 Å². The molecule has 0 unspecified atom stereocenters. The van der Waals surface area contributed by atoms with Crippen molar-refractivity contribution in [1.82, 2.24) is 19.9 Å². The molecule has 0 saturated carbocycles. The fraction of sp³-hybridized carbons (Fsp3) is 0.250. The van der Waals surface area contributed by atoms with Gasteiger partial charge < -0.3 is 25.7 Å². The minimum Gasteiger partial charge on any atom is -0.378 e. The lowest BCUT2D eigenvalue weighted by atomic mass is 10.2. The number of H-pyrrole nitrogens is 2. The van der Waals surface area contributed by atoms with Gasteiger partial charge in [-0.2, -0.15) is 0 Å². The molecule has 1 saturated heterocycles. The summed E-state index contributed by atoms with van der Waals surface area (Å²) in [5.74, 6) is 0.730. The second-order valence-electron chi connectivity index (χ2n) is 7.04. The molecular formula is C20H21N7O2. The van der Waals surface area contributed by atoms with Crippen molar-refractivity contribution < 1.29 is 4.74 Å². The number of fused-ring (bicyclic) bond motifs is 2. The smallest absolute Gasteiger partial charge is 0.260 e. The predicted octanol–water partition coefficient (Wildman–Crippen LogP) is 1.83. The molecule has 3 heterocycles. The number of aromatic nitrogens is 4. The molecule has 9 heteroatoms. The molecule has 2 aromatic carbocycles. The zero-order valence-corrected chi connectivity index (χ0v) is 15.7. The molecular weight excluding hydrogens is 370 g/mol. The molecule has 1 fully saturated rings. The molecule has 148 valence electrons. The van der Waals surface area contributed by atoms with E-state index < -0.39 is 0 Å². The third kappa shape index (κ3) is 3.47. The molecule has 5 N–H and O–H groups in total. The molecule has 9 nitrogen and oxygen atoms in total. The second kappa shape index (κ2) is 7.10. The maximum Gasteiger partial charge on any atom is 0.260 e. The molecule has 0 spiro atoms. The Morgan fingerprint density at radius 3 is 2.66 bits per heavy atom. The van der Waals surface area contributed by atoms with Gasteiger partial charge in [0, 0.05) is 25.3 Å². The van der Waals surface area contributed by atoms with E-state index in [1.807, 2.05) is 0 Å². The van der Waals surface area contributed by atoms with Crippen LogP contribution in [0, 0.1) is 0 Å². The molecule has 1 aliphatic rings. The number of imidazole rings is 1. The fourth-order valence-electron chi connectivity index (χ4n) is 3.58. The van der Waals surface area contributed by atoms with Crippen LogP contribution in [-0.4, -0.2) is 46.2 Å². The van der Waals surface area contributed by atoms with E-state index in [4.69, 9.17) is 10.5 Å². The maximum atomic E-state index is 12.1. The van der Waals surface area contributed by atoms with Crippen molar-refractivity contribution in [2.75, 3.05) is 42.3 Å². The van der Waals surface area contributed by atoms with E-state index in [9.17, 15) is 4.79 Å². The van der Waals surface area contributed by atoms with Gasteiger partial charge >= 0.3 is 0 Å². The van der Waals surface area contributed by atoms with Crippen LogP contribution in [0.1, 0.15) is 5.56 Å². The minimum absolute atomic E-state index is 0.0938. The molecule has 29 heavy (non-hydrogen) atoms. The average molecular weight is 391 g/mol. The van der Waals surface area contributed by atoms with Gasteiger partial charge in [0.2, 0.25) is 11.9 Å². The SMILES string of the molecule is Nc1nc2cc3nc(NCc4ccc(N5CCOCC5)cc4)[nH]c3cc2c(=O)[nH]1. The van der Waals surface area contributed by atoms with Crippen LogP contribution in [0.15, 0.2) is 41.2 Å². The number of nitrogens with zero attached hydrogens (tertiary/aromatic N) is 3. The summed E-state index contributed by atoms with van der Waals surface area (Å²) in [4.78, 5) is 28.8. The summed E-state index contributed by atoms with van der Waals surface area (Å²) in [7, 11) is 0. The number of aromatic amines is 2. The number of hydrogen-bond acceptors (Lipinski definition) is 7. The van der Waals surface area contributed by atoms with E-state index in [0.717, 1.165) is 42.9 Å². The Kier molecular flexibility index (Phi) is 4.28. The van der Waals surface area contributed by atoms with E-state index in [1.54, 1.807) is 12.1 Å². The zero-order valence-electron chi connectivity index (χ0n) is 15.7. The highest BCUT2D eigenvalue weighted by Gasteiger charge is 2.11. The Morgan fingerprint density at radius 2 is 1.86 bits per heavy atom. The van der Waals surface area contributed by atoms with Gasteiger partial charge in [-0.25, -0.2) is 9.97 Å². The second-order valence-corrected chi connectivity index (χ2v) is 7.04. The maximum absolute atomic E-state index is 12.1. The molecule has 2 aromatic heterocycles. The van der Waals surface area contributed by atoms with Crippen LogP contribution in [0.5, 0.6) is 0 Å². The summed E-state index contributed by atoms with van der Waals surface area (Å²) in [5.41, 5.74) is 9.74. The lowest BCUT2D eigenvalue weighted by molar-refractivity contribution is 0.122. The number of nitrogens with one attached hydrogen (secondary N) is 3. The van der Waals surface area contributed by atoms with Crippen molar-refractivity contribution in [1.29, 1.82) is 0 Å². The first-order valence-electron chi connectivity index (χ1n) is 9.50. The molecule has 0 atom stereocenters. The standard InChI is InChI=1S/C20H21N7O2/c21-19-23-15-10-17-16(9-14(15)18(28)26-19)24-20(25-17)22-11-12-1-3-13(4-2-12)27-5-7-29-8-6-27/h1-4,9-10H,5-8,11H2,(H2,22,24,25)(H3,21,23,26,28). The van der Waals surface area contributed by atoms with Gasteiger partial charge in [0.1, 0.15) is 0 Å². The quantitative estimate of drug-likeness (QED) is 0.418. The van der Waals surface area contributed by atoms with E-state index >= 15 is 0 Å². The predicted molar refractivity (Wildman–Crippen MR) is 113 cm³/mol. The Bertz CT molecular complexity index is 1220. The summed E-state index contributed by atoms with van der Waals surface area (Å²) < 4.78 is 5.40. The molecule has 5 rings (SSSR count). The highest BCUT2D eigenvalue weighted by atomic mass is 16.5. The Morgan fingerprint density at radius 1 is 1.07 bits per heavy atom. The van der Waals surface area contributed by atoms with E-state index in [0.29, 0.717) is 23.4 Å². The fourth-order valence-corrected chi connectivity index (χ4v) is 3.58. The normalized spacial score (nSPS) is 14.6. The molecule has 0 radical (unpaired) electrons. The highest BCUT2D eigenvalue weighted by Crippen LogP contribution is 2.21. The number of benzene rings is 2. The van der Waals surface area contributed by atoms with Gasteiger partial charge in [-0.05, 0) is 29.8 Å². The van der Waals surface area contributed by atoms with Crippen LogP contribution >= 0.6 is 0 Å². The Labute approximate surface area is 165 Å². The van der Waals surface area contributed by atoms with Crippen molar-refractivity contribution in [2.24, 2.45) is 0 Å². The van der Waals surface area contributed by atoms with Crippen LogP contribution in [-0.2, 0) is 11.3 Å². The summed E-state index contributed by atoms with van der Waals surface area (Å²) in [6.45, 7) is 4.04. The first-order valence-corrected chi connectivity index (χ1v) is 9.50. The summed E-state index contributed by atoms with van der Waals surface area (Å²) in [6.07, 6.45) is 0. The van der Waals surface area contributed by atoms with Crippen molar-refractivity contribution in [3.63, 3.8) is 0 Å². The van der Waals surface area contributed by atoms with Crippen LogP contribution in [0.4, 0.5) is 17.6 Å². The number of nitrogen functional groups attached to an aromatic ring is 1. The summed E-state index contributed by atoms with van der Waals surface area (Å²) >= 11 is 0. The number of rotatable bonds is 4. The Balaban J connectivity index is 1.33. The monoisotopic (exact) mass is 391 g/mol. The van der Waals surface area contributed by atoms with E-state index in [-0.39, 0.29) is 11.5 Å². The van der Waals surface area contributed by atoms with E-state index in [1.165, 1.54) is 5.69 Å². The van der Waals surface area contributed by atoms with Crippen LogP contribution < -0.4 is 21.5 Å². The van der Waals surface area contributed by atoms with Gasteiger partial charge in [0.15, 0.2) is 0 Å². The lowest BCUT2D eigenvalue weighted by Crippen LogP contribution is -2.36. The topological polar surface area (TPSA) is 125 Å². The average Bonchev–Trinajstić information content (AvgIpc) is 3.14.